The van der Waals surface area contributed by atoms with Crippen molar-refractivity contribution in [3.05, 3.63) is 86.0 Å². The molecule has 0 aromatic heterocycles. The van der Waals surface area contributed by atoms with E-state index in [0.29, 0.717) is 21.2 Å². The van der Waals surface area contributed by atoms with Crippen molar-refractivity contribution in [2.24, 2.45) is 17.8 Å². The highest BCUT2D eigenvalue weighted by Gasteiger charge is 2.76. The number of likely N-dealkylation sites (tertiary alicyclic amines) is 1. The normalized spacial score (nSPS) is 29.1. The summed E-state index contributed by atoms with van der Waals surface area (Å²) >= 11 is 14.5. The smallest absolute Gasteiger partial charge is 0.301 e. The van der Waals surface area contributed by atoms with Gasteiger partial charge in [0.25, 0.3) is 11.8 Å². The summed E-state index contributed by atoms with van der Waals surface area (Å²) < 4.78 is 0. The Kier molecular flexibility index (Phi) is 7.10. The van der Waals surface area contributed by atoms with E-state index in [2.05, 4.69) is 0 Å². The largest absolute Gasteiger partial charge is 0.508 e. The summed E-state index contributed by atoms with van der Waals surface area (Å²) in [6, 6.07) is 12.1. The highest BCUT2D eigenvalue weighted by molar-refractivity contribution is 6.53. The summed E-state index contributed by atoms with van der Waals surface area (Å²) in [6.45, 7) is 0. The molecule has 252 valence electrons. The number of benzene rings is 3. The minimum absolute atomic E-state index is 0.0280. The van der Waals surface area contributed by atoms with Crippen LogP contribution >= 0.6 is 23.2 Å². The Morgan fingerprint density at radius 1 is 0.918 bits per heavy atom. The van der Waals surface area contributed by atoms with E-state index in [0.717, 1.165) is 17.0 Å². The fourth-order valence-corrected chi connectivity index (χ4v) is 9.36. The third kappa shape index (κ3) is 4.13. The van der Waals surface area contributed by atoms with Crippen LogP contribution in [0.15, 0.2) is 60.2 Å². The van der Waals surface area contributed by atoms with Crippen molar-refractivity contribution in [3.8, 4) is 5.75 Å². The van der Waals surface area contributed by atoms with E-state index in [1.165, 1.54) is 32.1 Å². The van der Waals surface area contributed by atoms with Gasteiger partial charge in [0, 0.05) is 44.8 Å². The van der Waals surface area contributed by atoms with Gasteiger partial charge in [-0.25, -0.2) is 4.90 Å². The molecule has 1 N–H and O–H groups in total. The molecule has 14 nitrogen and oxygen atoms in total. The summed E-state index contributed by atoms with van der Waals surface area (Å²) in [6.07, 6.45) is 1.33. The summed E-state index contributed by atoms with van der Waals surface area (Å²) in [5.41, 5.74) is -1.38. The average molecular weight is 709 g/mol. The molecule has 3 fully saturated rings. The zero-order valence-electron chi connectivity index (χ0n) is 26.1. The van der Waals surface area contributed by atoms with Crippen molar-refractivity contribution < 1.29 is 34.1 Å². The Morgan fingerprint density at radius 3 is 2.16 bits per heavy atom. The van der Waals surface area contributed by atoms with Crippen molar-refractivity contribution in [2.45, 2.75) is 28.5 Å². The number of phenols is 1. The van der Waals surface area contributed by atoms with Crippen molar-refractivity contribution in [3.63, 3.8) is 0 Å². The number of rotatable bonds is 5. The van der Waals surface area contributed by atoms with E-state index in [9.17, 15) is 44.5 Å². The Hall–Kier alpha value is -5.08. The highest BCUT2D eigenvalue weighted by atomic mass is 35.5. The van der Waals surface area contributed by atoms with Crippen LogP contribution in [0.25, 0.3) is 10.8 Å². The molecular formula is C33H27Cl2N5O9. The molecule has 2 saturated heterocycles. The highest BCUT2D eigenvalue weighted by Crippen LogP contribution is 2.66. The third-order valence-corrected chi connectivity index (χ3v) is 11.8. The summed E-state index contributed by atoms with van der Waals surface area (Å²) in [5.74, 6) is -7.75. The Labute approximate surface area is 287 Å². The number of carbonyl (C=O) groups excluding carboxylic acids is 4. The lowest BCUT2D eigenvalue weighted by molar-refractivity contribution is -0.392. The molecule has 7 rings (SSSR count). The summed E-state index contributed by atoms with van der Waals surface area (Å²) in [4.78, 5) is 77.2. The minimum atomic E-state index is -2.13. The zero-order chi connectivity index (χ0) is 35.5. The van der Waals surface area contributed by atoms with Gasteiger partial charge in [0.15, 0.2) is 15.4 Å². The number of hydrogen-bond acceptors (Lipinski definition) is 10. The number of halogens is 2. The average Bonchev–Trinajstić information content (AvgIpc) is 3.39. The lowest BCUT2D eigenvalue weighted by atomic mass is 9.56. The number of phenolic OH excluding ortho intramolecular Hbond substituents is 1. The standard InChI is InChI=1S/C33H27Cl2N5O9/c1-36(2)27-21(39(46)47)12-16(13-22(27)40(48)49)38-28(42)19-10-9-18-20(24(19)29(38)43)14-32(34)30(44)37(3)31(45)33(32,35)26(18)25-17-7-5-4-6-15(17)8-11-23(25)41/h4-9,11-13,19-20,24,26,41H,10,14H2,1-3H3. The van der Waals surface area contributed by atoms with Gasteiger partial charge in [0.1, 0.15) is 5.75 Å². The molecule has 0 spiro atoms. The first-order chi connectivity index (χ1) is 23.1. The van der Waals surface area contributed by atoms with E-state index < -0.39 is 78.3 Å². The molecular weight excluding hydrogens is 681 g/mol. The van der Waals surface area contributed by atoms with E-state index in [1.807, 2.05) is 0 Å². The van der Waals surface area contributed by atoms with Crippen LogP contribution in [0.5, 0.6) is 5.75 Å². The molecule has 0 radical (unpaired) electrons. The van der Waals surface area contributed by atoms with Gasteiger partial charge in [0.2, 0.25) is 11.8 Å². The lowest BCUT2D eigenvalue weighted by Crippen LogP contribution is -2.60. The number of nitrogens with zero attached hydrogens (tertiary/aromatic N) is 5. The van der Waals surface area contributed by atoms with Crippen LogP contribution in [-0.2, 0) is 19.2 Å². The van der Waals surface area contributed by atoms with Crippen molar-refractivity contribution in [1.29, 1.82) is 0 Å². The molecule has 49 heavy (non-hydrogen) atoms. The second-order valence-corrected chi connectivity index (χ2v) is 14.2. The number of allylic oxidation sites excluding steroid dienone is 2. The molecule has 6 atom stereocenters. The molecule has 6 unspecified atom stereocenters. The van der Waals surface area contributed by atoms with E-state index in [-0.39, 0.29) is 35.5 Å². The fraction of sp³-hybridized carbons (Fsp3) is 0.333. The minimum Gasteiger partial charge on any atom is -0.508 e. The van der Waals surface area contributed by atoms with E-state index in [1.54, 1.807) is 36.4 Å². The summed E-state index contributed by atoms with van der Waals surface area (Å²) in [7, 11) is 4.03. The molecule has 16 heteroatoms. The summed E-state index contributed by atoms with van der Waals surface area (Å²) in [5, 5.41) is 36.7. The van der Waals surface area contributed by atoms with Crippen LogP contribution in [0.2, 0.25) is 0 Å². The predicted molar refractivity (Wildman–Crippen MR) is 178 cm³/mol. The zero-order valence-corrected chi connectivity index (χ0v) is 27.6. The number of aromatic hydroxyl groups is 1. The Bertz CT molecular complexity index is 2090. The van der Waals surface area contributed by atoms with Gasteiger partial charge in [-0.2, -0.15) is 0 Å². The van der Waals surface area contributed by atoms with Crippen LogP contribution < -0.4 is 9.80 Å². The first-order valence-electron chi connectivity index (χ1n) is 15.2. The molecule has 1 saturated carbocycles. The van der Waals surface area contributed by atoms with Crippen LogP contribution in [0.3, 0.4) is 0 Å². The van der Waals surface area contributed by atoms with Crippen LogP contribution in [0.1, 0.15) is 24.3 Å². The van der Waals surface area contributed by atoms with Crippen molar-refractivity contribution >= 4 is 80.4 Å². The number of imide groups is 2. The molecule has 4 amide bonds. The van der Waals surface area contributed by atoms with Gasteiger partial charge >= 0.3 is 11.4 Å². The van der Waals surface area contributed by atoms with E-state index >= 15 is 0 Å². The molecule has 2 heterocycles. The molecule has 2 aliphatic heterocycles. The third-order valence-electron chi connectivity index (χ3n) is 10.4. The molecule has 2 aliphatic carbocycles. The van der Waals surface area contributed by atoms with Crippen LogP contribution in [-0.4, -0.2) is 74.4 Å². The van der Waals surface area contributed by atoms with Gasteiger partial charge < -0.3 is 10.0 Å². The SMILES string of the molecule is CN1C(=O)C2(Cl)CC3C(=CCC4C(=O)N(c5cc([N+](=O)[O-])c(N(C)C)c([N+](=O)[O-])c5)C(=O)C43)C(c3c(O)ccc4ccccc34)C2(Cl)C1=O. The second-order valence-electron chi connectivity index (χ2n) is 13.0. The molecule has 0 bridgehead atoms. The van der Waals surface area contributed by atoms with Crippen molar-refractivity contribution in [2.75, 3.05) is 30.9 Å². The number of fused-ring (bicyclic) bond motifs is 5. The molecule has 4 aliphatic rings. The molecule has 3 aromatic carbocycles. The number of anilines is 2. The van der Waals surface area contributed by atoms with Gasteiger partial charge in [-0.05, 0) is 35.6 Å². The number of alkyl halides is 2. The number of nitro groups is 2. The maximum absolute atomic E-state index is 14.4. The maximum Gasteiger partial charge on any atom is 0.301 e. The lowest BCUT2D eigenvalue weighted by Gasteiger charge is -2.51. The second kappa shape index (κ2) is 10.7. The monoisotopic (exact) mass is 707 g/mol. The van der Waals surface area contributed by atoms with Crippen LogP contribution in [0, 0.1) is 38.0 Å². The Morgan fingerprint density at radius 2 is 1.55 bits per heavy atom. The first-order valence-corrected chi connectivity index (χ1v) is 15.9. The number of nitro benzene ring substituents is 2. The van der Waals surface area contributed by atoms with Gasteiger partial charge in [-0.15, -0.1) is 23.2 Å². The number of carbonyl (C=O) groups is 4. The topological polar surface area (TPSA) is 185 Å². The molecule has 3 aromatic rings. The van der Waals surface area contributed by atoms with Gasteiger partial charge in [0.05, 0.1) is 27.4 Å². The number of hydrogen-bond donors (Lipinski definition) is 1. The van der Waals surface area contributed by atoms with E-state index in [4.69, 9.17) is 23.2 Å². The predicted octanol–water partition coefficient (Wildman–Crippen LogP) is 4.62. The quantitative estimate of drug-likeness (QED) is 0.129. The fourth-order valence-electron chi connectivity index (χ4n) is 8.36. The van der Waals surface area contributed by atoms with Crippen LogP contribution in [0.4, 0.5) is 22.7 Å². The Balaban J connectivity index is 1.42. The first kappa shape index (κ1) is 32.5. The van der Waals surface area contributed by atoms with Crippen molar-refractivity contribution in [1.82, 2.24) is 4.90 Å². The van der Waals surface area contributed by atoms with Gasteiger partial charge in [-0.1, -0.05) is 42.0 Å². The maximum atomic E-state index is 14.4. The van der Waals surface area contributed by atoms with Gasteiger partial charge in [-0.3, -0.25) is 44.3 Å². The number of amides is 4.